The van der Waals surface area contributed by atoms with E-state index in [1.54, 1.807) is 0 Å². The van der Waals surface area contributed by atoms with Crippen molar-refractivity contribution in [2.75, 3.05) is 30.7 Å². The zero-order valence-electron chi connectivity index (χ0n) is 16.1. The van der Waals surface area contributed by atoms with Crippen LogP contribution in [0.4, 0.5) is 5.69 Å². The van der Waals surface area contributed by atoms with Gasteiger partial charge in [-0.05, 0) is 38.1 Å². The molecule has 2 N–H and O–H groups in total. The van der Waals surface area contributed by atoms with Crippen molar-refractivity contribution in [1.82, 2.24) is 10.2 Å². The topological polar surface area (TPSA) is 61.4 Å². The quantitative estimate of drug-likeness (QED) is 0.727. The molecule has 1 heterocycles. The van der Waals surface area contributed by atoms with Gasteiger partial charge in [0.1, 0.15) is 0 Å². The third kappa shape index (κ3) is 5.99. The van der Waals surface area contributed by atoms with Gasteiger partial charge in [-0.2, -0.15) is 0 Å². The Morgan fingerprint density at radius 2 is 1.89 bits per heavy atom. The molecule has 0 bridgehead atoms. The molecule has 1 aliphatic heterocycles. The smallest absolute Gasteiger partial charge is 0.255 e. The second-order valence-corrected chi connectivity index (χ2v) is 7.82. The third-order valence-electron chi connectivity index (χ3n) is 4.47. The number of hydrogen-bond donors (Lipinski definition) is 2. The molecule has 0 radical (unpaired) electrons. The van der Waals surface area contributed by atoms with Crippen LogP contribution in [0.15, 0.2) is 53.4 Å². The van der Waals surface area contributed by atoms with E-state index in [0.717, 1.165) is 22.7 Å². The van der Waals surface area contributed by atoms with Crippen molar-refractivity contribution >= 4 is 41.7 Å². The number of amides is 2. The summed E-state index contributed by atoms with van der Waals surface area (Å²) in [6, 6.07) is 15.5. The molecule has 1 aliphatic rings. The highest BCUT2D eigenvalue weighted by Gasteiger charge is 2.23. The van der Waals surface area contributed by atoms with E-state index < -0.39 is 0 Å². The first kappa shape index (κ1) is 22.3. The Labute approximate surface area is 176 Å². The molecule has 0 saturated carbocycles. The number of piperazine rings is 1. The number of halogens is 1. The maximum Gasteiger partial charge on any atom is 0.255 e. The van der Waals surface area contributed by atoms with Crippen LogP contribution < -0.4 is 10.6 Å². The maximum absolute atomic E-state index is 12.9. The van der Waals surface area contributed by atoms with Crippen molar-refractivity contribution in [1.29, 1.82) is 0 Å². The van der Waals surface area contributed by atoms with Crippen LogP contribution >= 0.6 is 24.2 Å². The zero-order chi connectivity index (χ0) is 19.2. The fourth-order valence-corrected chi connectivity index (χ4v) is 3.88. The van der Waals surface area contributed by atoms with E-state index in [2.05, 4.69) is 17.6 Å². The highest BCUT2D eigenvalue weighted by atomic mass is 35.5. The largest absolute Gasteiger partial charge is 0.336 e. The van der Waals surface area contributed by atoms with E-state index in [1.807, 2.05) is 60.4 Å². The fourth-order valence-electron chi connectivity index (χ4n) is 3.03. The number of aryl methyl sites for hydroxylation is 1. The molecule has 150 valence electrons. The minimum absolute atomic E-state index is 0. The minimum Gasteiger partial charge on any atom is -0.336 e. The molecule has 28 heavy (non-hydrogen) atoms. The summed E-state index contributed by atoms with van der Waals surface area (Å²) < 4.78 is 0. The first-order valence-corrected chi connectivity index (χ1v) is 10.1. The van der Waals surface area contributed by atoms with Gasteiger partial charge in [0, 0.05) is 36.3 Å². The fraction of sp³-hybridized carbons (Fsp3) is 0.333. The Morgan fingerprint density at radius 1 is 1.18 bits per heavy atom. The summed E-state index contributed by atoms with van der Waals surface area (Å²) in [5, 5.41) is 6.24. The second kappa shape index (κ2) is 10.5. The van der Waals surface area contributed by atoms with E-state index in [0.29, 0.717) is 24.7 Å². The lowest BCUT2D eigenvalue weighted by Crippen LogP contribution is -2.51. The first-order valence-electron chi connectivity index (χ1n) is 9.14. The summed E-state index contributed by atoms with van der Waals surface area (Å²) >= 11 is 1.40. The van der Waals surface area contributed by atoms with E-state index in [9.17, 15) is 9.59 Å². The Morgan fingerprint density at radius 3 is 2.61 bits per heavy atom. The SMILES string of the molecule is Cc1ccc(NC(=O)CSc2ccccc2C(=O)N2CCNC(C)C2)cc1.Cl. The van der Waals surface area contributed by atoms with Gasteiger partial charge in [-0.1, -0.05) is 29.8 Å². The van der Waals surface area contributed by atoms with Gasteiger partial charge in [-0.15, -0.1) is 24.2 Å². The summed E-state index contributed by atoms with van der Waals surface area (Å²) in [7, 11) is 0. The van der Waals surface area contributed by atoms with E-state index >= 15 is 0 Å². The molecule has 2 aromatic rings. The van der Waals surface area contributed by atoms with Gasteiger partial charge in [0.2, 0.25) is 5.91 Å². The number of anilines is 1. The molecule has 1 unspecified atom stereocenters. The van der Waals surface area contributed by atoms with Gasteiger partial charge < -0.3 is 15.5 Å². The van der Waals surface area contributed by atoms with Gasteiger partial charge in [0.25, 0.3) is 5.91 Å². The lowest BCUT2D eigenvalue weighted by atomic mass is 10.1. The molecule has 2 aromatic carbocycles. The number of thioether (sulfide) groups is 1. The number of benzene rings is 2. The van der Waals surface area contributed by atoms with Crippen LogP contribution in [0, 0.1) is 6.92 Å². The Kier molecular flexibility index (Phi) is 8.35. The number of hydrogen-bond acceptors (Lipinski definition) is 4. The Balaban J connectivity index is 0.00000280. The normalized spacial score (nSPS) is 16.2. The molecule has 0 aliphatic carbocycles. The first-order chi connectivity index (χ1) is 13.0. The summed E-state index contributed by atoms with van der Waals surface area (Å²) in [6.07, 6.45) is 0. The van der Waals surface area contributed by atoms with Crippen molar-refractivity contribution < 1.29 is 9.59 Å². The number of nitrogens with one attached hydrogen (secondary N) is 2. The van der Waals surface area contributed by atoms with Gasteiger partial charge in [-0.25, -0.2) is 0 Å². The van der Waals surface area contributed by atoms with Crippen molar-refractivity contribution in [3.63, 3.8) is 0 Å². The summed E-state index contributed by atoms with van der Waals surface area (Å²) in [5.41, 5.74) is 2.60. The number of nitrogens with zero attached hydrogens (tertiary/aromatic N) is 1. The molecule has 0 aromatic heterocycles. The van der Waals surface area contributed by atoms with Crippen molar-refractivity contribution in [3.05, 3.63) is 59.7 Å². The molecule has 5 nitrogen and oxygen atoms in total. The van der Waals surface area contributed by atoms with E-state index in [-0.39, 0.29) is 30.0 Å². The molecule has 3 rings (SSSR count). The van der Waals surface area contributed by atoms with Crippen molar-refractivity contribution in [3.8, 4) is 0 Å². The lowest BCUT2D eigenvalue weighted by molar-refractivity contribution is -0.113. The van der Waals surface area contributed by atoms with Crippen LogP contribution in [0.1, 0.15) is 22.8 Å². The maximum atomic E-state index is 12.9. The number of rotatable bonds is 5. The summed E-state index contributed by atoms with van der Waals surface area (Å²) in [4.78, 5) is 27.9. The predicted octanol–water partition coefficient (Wildman–Crippen LogP) is 3.58. The molecule has 0 spiro atoms. The second-order valence-electron chi connectivity index (χ2n) is 6.81. The Hall–Kier alpha value is -2.02. The van der Waals surface area contributed by atoms with Crippen molar-refractivity contribution in [2.45, 2.75) is 24.8 Å². The molecule has 1 saturated heterocycles. The number of carbonyl (C=O) groups excluding carboxylic acids is 2. The molecule has 2 amide bonds. The lowest BCUT2D eigenvalue weighted by Gasteiger charge is -2.32. The van der Waals surface area contributed by atoms with E-state index in [4.69, 9.17) is 0 Å². The van der Waals surface area contributed by atoms with Crippen LogP contribution in [0.2, 0.25) is 0 Å². The van der Waals surface area contributed by atoms with Crippen molar-refractivity contribution in [2.24, 2.45) is 0 Å². The average Bonchev–Trinajstić information content (AvgIpc) is 2.68. The van der Waals surface area contributed by atoms with E-state index in [1.165, 1.54) is 11.8 Å². The van der Waals surface area contributed by atoms with Gasteiger partial charge in [-0.3, -0.25) is 9.59 Å². The highest BCUT2D eigenvalue weighted by molar-refractivity contribution is 8.00. The van der Waals surface area contributed by atoms with Crippen LogP contribution in [0.25, 0.3) is 0 Å². The van der Waals surface area contributed by atoms with Crippen LogP contribution in [0.5, 0.6) is 0 Å². The molecule has 7 heteroatoms. The molecule has 1 fully saturated rings. The van der Waals surface area contributed by atoms with Crippen LogP contribution in [0.3, 0.4) is 0 Å². The molecule has 1 atom stereocenters. The van der Waals surface area contributed by atoms with Gasteiger partial charge in [0.05, 0.1) is 11.3 Å². The molecular formula is C21H26ClN3O2S. The highest BCUT2D eigenvalue weighted by Crippen LogP contribution is 2.24. The average molecular weight is 420 g/mol. The summed E-state index contributed by atoms with van der Waals surface area (Å²) in [5.74, 6) is 0.211. The van der Waals surface area contributed by atoms with Crippen LogP contribution in [-0.4, -0.2) is 48.1 Å². The van der Waals surface area contributed by atoms with Gasteiger partial charge in [0.15, 0.2) is 0 Å². The molecular weight excluding hydrogens is 394 g/mol. The Bertz CT molecular complexity index is 814. The minimum atomic E-state index is -0.0816. The standard InChI is InChI=1S/C21H25N3O2S.ClH/c1-15-7-9-17(10-8-15)23-20(25)14-27-19-6-4-3-5-18(19)21(26)24-12-11-22-16(2)13-24;/h3-10,16,22H,11-14H2,1-2H3,(H,23,25);1H. The summed E-state index contributed by atoms with van der Waals surface area (Å²) in [6.45, 7) is 6.30. The zero-order valence-corrected chi connectivity index (χ0v) is 17.7. The van der Waals surface area contributed by atoms with Crippen LogP contribution in [-0.2, 0) is 4.79 Å². The number of carbonyl (C=O) groups is 2. The van der Waals surface area contributed by atoms with Gasteiger partial charge >= 0.3 is 0 Å². The third-order valence-corrected chi connectivity index (χ3v) is 5.54. The predicted molar refractivity (Wildman–Crippen MR) is 118 cm³/mol. The monoisotopic (exact) mass is 419 g/mol.